The van der Waals surface area contributed by atoms with Crippen LogP contribution in [0.2, 0.25) is 0 Å². The Morgan fingerprint density at radius 2 is 0.386 bits per heavy atom. The SMILES string of the molecule is NCCSCC1O[C@H]2O[C@H]3C(CO)O[C@@H](O[C@H]4C(CO)O[C@@H](O[C@H]5C(CSCCN)O[C@@H](O[C@H]6C(CO)O[C@@H](O[C@H]7C(CO)O[C@@H](O[C@H]8C(CO)O[C@@H](O[C@@H]1[C@H](O)C2O)C(O)[C@H]8O)C(O)[C@H]7O)C(O)[C@H]6O)C(O)[C@H]5O)C(O)[C@H]4O)C(O)[C@H]3O. The summed E-state index contributed by atoms with van der Waals surface area (Å²) in [6, 6.07) is 0. The Kier molecular flexibility index (Phi) is 25.0. The van der Waals surface area contributed by atoms with Crippen molar-refractivity contribution in [3.63, 3.8) is 0 Å². The van der Waals surface area contributed by atoms with Crippen LogP contribution >= 0.6 is 23.5 Å². The van der Waals surface area contributed by atoms with Gasteiger partial charge in [0.25, 0.3) is 0 Å². The Bertz CT molecular complexity index is 1940. The predicted molar refractivity (Wildman–Crippen MR) is 267 cm³/mol. The normalized spacial score (nSPS) is 52.2. The van der Waals surface area contributed by atoms with Crippen molar-refractivity contribution in [3.8, 4) is 0 Å². The Labute approximate surface area is 481 Å². The number of ether oxygens (including phenoxy) is 14. The van der Waals surface area contributed by atoms with Crippen LogP contribution in [0.15, 0.2) is 0 Å². The van der Waals surface area contributed by atoms with E-state index in [9.17, 15) is 97.0 Å². The molecule has 37 heteroatoms. The highest BCUT2D eigenvalue weighted by Gasteiger charge is 2.59. The molecule has 0 amide bonds. The van der Waals surface area contributed by atoms with Gasteiger partial charge in [0.05, 0.1) is 45.2 Å². The van der Waals surface area contributed by atoms with Crippen LogP contribution in [0.4, 0.5) is 0 Å². The lowest BCUT2D eigenvalue weighted by Crippen LogP contribution is -2.68. The molecule has 0 aromatic carbocycles. The van der Waals surface area contributed by atoms with Crippen LogP contribution in [0, 0.1) is 0 Å². The monoisotopic (exact) mass is 1250 g/mol. The molecule has 0 radical (unpaired) electrons. The van der Waals surface area contributed by atoms with Crippen molar-refractivity contribution in [2.75, 3.05) is 69.1 Å². The first-order valence-corrected chi connectivity index (χ1v) is 29.3. The van der Waals surface area contributed by atoms with E-state index in [1.54, 1.807) is 0 Å². The summed E-state index contributed by atoms with van der Waals surface area (Å²) in [6.45, 7) is -4.73. The standard InChI is InChI=1S/C46H80N2O33S2/c47-1-3-82-10-17-38-25(60)32(67)46(74-17)79-37-16(9-53)70-42(28(63)21(37)56)77-35-14(7-51)72-44(30(65)23(35)58)81-39-18(11-83-4-2-48)73-45(31(66)24(39)59)78-36-15(8-52)69-41(27(62)20(36)55)75-33-12(5-49)68-40(26(61)19(33)54)76-34-13(6-50)71-43(80-38)29(64)22(34)57/h12-46,49-67H,1-11,47-48H2/t12?,13?,14?,15?,16?,17?,18?,19-,20-,21-,22-,23-,24-,25-,26?,27?,28?,29?,30?,31?,32?,33+,34+,35+,36+,37+,38+,39+,40+,41+,42+,43+,44+,45+,46+/m1/s1. The number of hydrogen-bond donors (Lipinski definition) is 21. The van der Waals surface area contributed by atoms with Gasteiger partial charge in [0.1, 0.15) is 159 Å². The van der Waals surface area contributed by atoms with E-state index in [4.69, 9.17) is 77.8 Å². The maximum absolute atomic E-state index is 11.7. The van der Waals surface area contributed by atoms with Gasteiger partial charge in [-0.25, -0.2) is 0 Å². The van der Waals surface area contributed by atoms with Gasteiger partial charge in [-0.2, -0.15) is 23.5 Å². The van der Waals surface area contributed by atoms with E-state index in [2.05, 4.69) is 0 Å². The van der Waals surface area contributed by atoms with Gasteiger partial charge in [-0.05, 0) is 0 Å². The molecule has 0 aromatic rings. The molecule has 21 heterocycles. The summed E-state index contributed by atoms with van der Waals surface area (Å²) in [6.07, 6.45) is -67.3. The van der Waals surface area contributed by atoms with Crippen molar-refractivity contribution < 1.29 is 163 Å². The predicted octanol–water partition coefficient (Wildman–Crippen LogP) is -13.8. The Morgan fingerprint density at radius 3 is 0.542 bits per heavy atom. The number of hydrogen-bond acceptors (Lipinski definition) is 37. The molecule has 21 aliphatic rings. The molecule has 35 atom stereocenters. The highest BCUT2D eigenvalue weighted by atomic mass is 32.2. The van der Waals surface area contributed by atoms with Gasteiger partial charge in [0.2, 0.25) is 0 Å². The third-order valence-electron chi connectivity index (χ3n) is 15.5. The van der Waals surface area contributed by atoms with Gasteiger partial charge < -0.3 is 175 Å². The molecule has 0 saturated carbocycles. The average molecular weight is 1250 g/mol. The fourth-order valence-corrected chi connectivity index (χ4v) is 12.6. The number of rotatable bonds is 13. The van der Waals surface area contributed by atoms with Gasteiger partial charge in [-0.3, -0.25) is 0 Å². The molecular weight excluding hydrogens is 1170 g/mol. The minimum Gasteiger partial charge on any atom is -0.394 e. The molecule has 35 nitrogen and oxygen atoms in total. The first-order valence-electron chi connectivity index (χ1n) is 27.0. The van der Waals surface area contributed by atoms with E-state index >= 15 is 0 Å². The second-order valence-corrected chi connectivity index (χ2v) is 23.3. The van der Waals surface area contributed by atoms with Crippen molar-refractivity contribution in [2.24, 2.45) is 11.5 Å². The Balaban J connectivity index is 1.10. The summed E-state index contributed by atoms with van der Waals surface area (Å²) in [4.78, 5) is 0. The smallest absolute Gasteiger partial charge is 0.187 e. The van der Waals surface area contributed by atoms with Crippen LogP contribution in [-0.2, 0) is 66.3 Å². The van der Waals surface area contributed by atoms with Crippen molar-refractivity contribution in [1.82, 2.24) is 0 Å². The lowest BCUT2D eigenvalue weighted by Gasteiger charge is -2.50. The highest BCUT2D eigenvalue weighted by Crippen LogP contribution is 2.39. The lowest BCUT2D eigenvalue weighted by molar-refractivity contribution is -0.395. The fourth-order valence-electron chi connectivity index (χ4n) is 11.0. The number of thioether (sulfide) groups is 2. The third-order valence-corrected chi connectivity index (χ3v) is 17.7. The highest BCUT2D eigenvalue weighted by molar-refractivity contribution is 7.99. The summed E-state index contributed by atoms with van der Waals surface area (Å²) >= 11 is 2.32. The van der Waals surface area contributed by atoms with Gasteiger partial charge in [-0.15, -0.1) is 0 Å². The maximum Gasteiger partial charge on any atom is 0.187 e. The van der Waals surface area contributed by atoms with E-state index in [1.165, 1.54) is 0 Å². The first kappa shape index (κ1) is 68.2. The minimum absolute atomic E-state index is 0.0987. The zero-order valence-electron chi connectivity index (χ0n) is 44.2. The van der Waals surface area contributed by atoms with E-state index in [0.29, 0.717) is 11.5 Å². The molecule has 83 heavy (non-hydrogen) atoms. The quantitative estimate of drug-likeness (QED) is 0.0762. The van der Waals surface area contributed by atoms with Crippen LogP contribution in [-0.4, -0.2) is 381 Å². The number of nitrogens with two attached hydrogens (primary N) is 2. The van der Waals surface area contributed by atoms with Gasteiger partial charge in [0, 0.05) is 36.1 Å². The second-order valence-electron chi connectivity index (χ2n) is 21.0. The molecule has 14 bridgehead atoms. The molecule has 14 unspecified atom stereocenters. The van der Waals surface area contributed by atoms with Crippen LogP contribution < -0.4 is 11.5 Å². The number of aliphatic hydroxyl groups excluding tert-OH is 19. The zero-order valence-corrected chi connectivity index (χ0v) is 45.8. The molecule has 484 valence electrons. The summed E-state index contributed by atoms with van der Waals surface area (Å²) in [7, 11) is 0. The van der Waals surface area contributed by atoms with E-state index in [1.807, 2.05) is 0 Å². The van der Waals surface area contributed by atoms with E-state index < -0.39 is 248 Å². The summed E-state index contributed by atoms with van der Waals surface area (Å²) in [5, 5.41) is 213. The molecule has 21 fully saturated rings. The molecule has 0 spiro atoms. The first-order chi connectivity index (χ1) is 39.7. The molecule has 21 saturated heterocycles. The molecule has 0 aliphatic carbocycles. The average Bonchev–Trinajstić information content (AvgIpc) is 3.51. The van der Waals surface area contributed by atoms with Crippen LogP contribution in [0.25, 0.3) is 0 Å². The van der Waals surface area contributed by atoms with Crippen molar-refractivity contribution in [2.45, 2.75) is 215 Å². The molecule has 21 rings (SSSR count). The molecule has 0 aromatic heterocycles. The third kappa shape index (κ3) is 14.6. The summed E-state index contributed by atoms with van der Waals surface area (Å²) in [5.41, 5.74) is 11.4. The van der Waals surface area contributed by atoms with Gasteiger partial charge in [0.15, 0.2) is 44.0 Å². The van der Waals surface area contributed by atoms with Crippen molar-refractivity contribution >= 4 is 23.5 Å². The summed E-state index contributed by atoms with van der Waals surface area (Å²) < 4.78 is 82.2. The lowest BCUT2D eigenvalue weighted by atomic mass is 9.95. The Morgan fingerprint density at radius 1 is 0.229 bits per heavy atom. The van der Waals surface area contributed by atoms with E-state index in [0.717, 1.165) is 23.5 Å². The Hall–Kier alpha value is -0.700. The van der Waals surface area contributed by atoms with Crippen LogP contribution in [0.1, 0.15) is 0 Å². The minimum atomic E-state index is -2.18. The second kappa shape index (κ2) is 30.4. The topological polar surface area (TPSA) is 566 Å². The largest absolute Gasteiger partial charge is 0.394 e. The van der Waals surface area contributed by atoms with Crippen molar-refractivity contribution in [3.05, 3.63) is 0 Å². The fraction of sp³-hybridized carbons (Fsp3) is 1.00. The van der Waals surface area contributed by atoms with Gasteiger partial charge in [-0.1, -0.05) is 0 Å². The maximum atomic E-state index is 11.7. The van der Waals surface area contributed by atoms with Gasteiger partial charge >= 0.3 is 0 Å². The number of aliphatic hydroxyl groups is 19. The van der Waals surface area contributed by atoms with Crippen LogP contribution in [0.5, 0.6) is 0 Å². The summed E-state index contributed by atoms with van der Waals surface area (Å²) in [5.74, 6) is 0.400. The molecule has 23 N–H and O–H groups in total. The molecule has 21 aliphatic heterocycles. The van der Waals surface area contributed by atoms with Crippen LogP contribution in [0.3, 0.4) is 0 Å². The van der Waals surface area contributed by atoms with Crippen molar-refractivity contribution in [1.29, 1.82) is 0 Å². The van der Waals surface area contributed by atoms with E-state index in [-0.39, 0.29) is 24.6 Å². The zero-order chi connectivity index (χ0) is 60.3. The molecular formula is C46H80N2O33S2.